The van der Waals surface area contributed by atoms with Crippen molar-refractivity contribution in [2.45, 2.75) is 39.3 Å². The zero-order valence-corrected chi connectivity index (χ0v) is 22.9. The highest BCUT2D eigenvalue weighted by Gasteiger charge is 2.25. The lowest BCUT2D eigenvalue weighted by atomic mass is 10.0. The van der Waals surface area contributed by atoms with E-state index in [0.717, 1.165) is 58.2 Å². The number of hydrogen-bond acceptors (Lipinski definition) is 3. The van der Waals surface area contributed by atoms with E-state index in [2.05, 4.69) is 59.3 Å². The fourth-order valence-corrected chi connectivity index (χ4v) is 5.09. The molecular formula is C33H30BrNO3. The first-order valence-corrected chi connectivity index (χ1v) is 13.7. The molecule has 1 aromatic heterocycles. The summed E-state index contributed by atoms with van der Waals surface area (Å²) in [6.07, 6.45) is 2.73. The Morgan fingerprint density at radius 2 is 1.50 bits per heavy atom. The van der Waals surface area contributed by atoms with Crippen LogP contribution in [0.15, 0.2) is 106 Å². The zero-order valence-electron chi connectivity index (χ0n) is 21.4. The molecule has 0 unspecified atom stereocenters. The molecule has 0 atom stereocenters. The molecular weight excluding hydrogens is 538 g/mol. The number of carbonyl (C=O) groups is 1. The van der Waals surface area contributed by atoms with Gasteiger partial charge in [-0.15, -0.1) is 0 Å². The second-order valence-electron chi connectivity index (χ2n) is 9.51. The van der Waals surface area contributed by atoms with Crippen LogP contribution in [0.4, 0.5) is 0 Å². The van der Waals surface area contributed by atoms with Crippen LogP contribution in [0.5, 0.6) is 5.75 Å². The van der Waals surface area contributed by atoms with E-state index in [1.165, 1.54) is 0 Å². The number of hydrogen-bond donors (Lipinski definition) is 1. The van der Waals surface area contributed by atoms with Crippen molar-refractivity contribution in [2.24, 2.45) is 0 Å². The van der Waals surface area contributed by atoms with Gasteiger partial charge in [0.05, 0.1) is 10.0 Å². The van der Waals surface area contributed by atoms with E-state index in [-0.39, 0.29) is 11.7 Å². The van der Waals surface area contributed by atoms with Gasteiger partial charge in [0.25, 0.3) is 5.91 Å². The van der Waals surface area contributed by atoms with Gasteiger partial charge in [-0.25, -0.2) is 0 Å². The van der Waals surface area contributed by atoms with Gasteiger partial charge in [-0.3, -0.25) is 4.79 Å². The van der Waals surface area contributed by atoms with E-state index >= 15 is 0 Å². The van der Waals surface area contributed by atoms with Gasteiger partial charge in [-0.1, -0.05) is 92.2 Å². The molecule has 0 spiro atoms. The Hall–Kier alpha value is -3.83. The smallest absolute Gasteiger partial charge is 0.258 e. The van der Waals surface area contributed by atoms with Crippen molar-refractivity contribution in [2.75, 3.05) is 0 Å². The molecule has 5 rings (SSSR count). The number of phenols is 1. The highest BCUT2D eigenvalue weighted by atomic mass is 79.9. The minimum atomic E-state index is -0.0172. The van der Waals surface area contributed by atoms with E-state index in [1.807, 2.05) is 59.5 Å². The summed E-state index contributed by atoms with van der Waals surface area (Å²) in [4.78, 5) is 16.1. The van der Waals surface area contributed by atoms with Crippen LogP contribution in [0.1, 0.15) is 47.0 Å². The quantitative estimate of drug-likeness (QED) is 0.193. The van der Waals surface area contributed by atoms with Crippen molar-refractivity contribution in [3.05, 3.63) is 124 Å². The molecule has 0 fully saturated rings. The Morgan fingerprint density at radius 3 is 2.21 bits per heavy atom. The molecule has 5 aromatic rings. The molecule has 0 bridgehead atoms. The number of benzene rings is 4. The summed E-state index contributed by atoms with van der Waals surface area (Å²) in [6, 6.07) is 31.6. The zero-order chi connectivity index (χ0) is 26.5. The number of halogens is 1. The number of unbranched alkanes of at least 4 members (excludes halogenated alkanes) is 1. The Kier molecular flexibility index (Phi) is 7.94. The predicted octanol–water partition coefficient (Wildman–Crippen LogP) is 8.75. The molecule has 1 amide bonds. The molecule has 4 aromatic carbocycles. The number of carbonyl (C=O) groups excluding carboxylic acids is 1. The SMILES string of the molecule is CCCCc1oc2ccccc2c1C(=O)N(Cc1ccccc1)Cc1ccc(-c2ccc(O)c(Br)c2)cc1. The summed E-state index contributed by atoms with van der Waals surface area (Å²) in [5.74, 6) is 0.964. The molecule has 0 saturated carbocycles. The van der Waals surface area contributed by atoms with E-state index in [1.54, 1.807) is 6.07 Å². The first-order valence-electron chi connectivity index (χ1n) is 12.9. The van der Waals surface area contributed by atoms with Crippen LogP contribution in [0, 0.1) is 0 Å². The average molecular weight is 569 g/mol. The molecule has 4 nitrogen and oxygen atoms in total. The third-order valence-electron chi connectivity index (χ3n) is 6.75. The van der Waals surface area contributed by atoms with Gasteiger partial charge in [-0.2, -0.15) is 0 Å². The molecule has 0 aliphatic rings. The van der Waals surface area contributed by atoms with Gasteiger partial charge in [0.15, 0.2) is 0 Å². The molecule has 5 heteroatoms. The number of furan rings is 1. The summed E-state index contributed by atoms with van der Waals surface area (Å²) >= 11 is 3.39. The van der Waals surface area contributed by atoms with Gasteiger partial charge in [0.1, 0.15) is 17.1 Å². The largest absolute Gasteiger partial charge is 0.507 e. The summed E-state index contributed by atoms with van der Waals surface area (Å²) in [5.41, 5.74) is 5.59. The van der Waals surface area contributed by atoms with Crippen LogP contribution in [-0.2, 0) is 19.5 Å². The number of aromatic hydroxyl groups is 1. The van der Waals surface area contributed by atoms with Crippen molar-refractivity contribution >= 4 is 32.8 Å². The lowest BCUT2D eigenvalue weighted by Crippen LogP contribution is -2.30. The van der Waals surface area contributed by atoms with Crippen LogP contribution >= 0.6 is 15.9 Å². The van der Waals surface area contributed by atoms with Crippen LogP contribution in [0.25, 0.3) is 22.1 Å². The number of para-hydroxylation sites is 1. The maximum absolute atomic E-state index is 14.2. The molecule has 0 aliphatic heterocycles. The fraction of sp³-hybridized carbons (Fsp3) is 0.182. The van der Waals surface area contributed by atoms with Crippen molar-refractivity contribution in [1.82, 2.24) is 4.90 Å². The molecule has 38 heavy (non-hydrogen) atoms. The van der Waals surface area contributed by atoms with E-state index in [0.29, 0.717) is 23.1 Å². The van der Waals surface area contributed by atoms with Crippen LogP contribution in [-0.4, -0.2) is 15.9 Å². The highest BCUT2D eigenvalue weighted by Crippen LogP contribution is 2.31. The molecule has 0 aliphatic carbocycles. The summed E-state index contributed by atoms with van der Waals surface area (Å²) in [6.45, 7) is 3.12. The number of fused-ring (bicyclic) bond motifs is 1. The standard InChI is InChI=1S/C33H30BrNO3/c1-2-3-12-31-32(27-11-7-8-13-30(27)38-31)33(37)35(21-23-9-5-4-6-10-23)22-24-14-16-25(17-15-24)26-18-19-29(36)28(34)20-26/h4-11,13-20,36H,2-3,12,21-22H2,1H3. The van der Waals surface area contributed by atoms with Crippen LogP contribution < -0.4 is 0 Å². The molecule has 1 heterocycles. The number of nitrogens with zero attached hydrogens (tertiary/aromatic N) is 1. The summed E-state index contributed by atoms with van der Waals surface area (Å²) in [7, 11) is 0. The Bertz CT molecular complexity index is 1540. The molecule has 1 N–H and O–H groups in total. The number of phenolic OH excluding ortho intramolecular Hbond substituents is 1. The van der Waals surface area contributed by atoms with Crippen LogP contribution in [0.2, 0.25) is 0 Å². The average Bonchev–Trinajstić information content (AvgIpc) is 3.32. The number of amides is 1. The second kappa shape index (κ2) is 11.7. The minimum Gasteiger partial charge on any atom is -0.507 e. The normalized spacial score (nSPS) is 11.1. The third-order valence-corrected chi connectivity index (χ3v) is 7.39. The third kappa shape index (κ3) is 5.68. The van der Waals surface area contributed by atoms with E-state index in [9.17, 15) is 9.90 Å². The molecule has 0 saturated heterocycles. The maximum atomic E-state index is 14.2. The predicted molar refractivity (Wildman–Crippen MR) is 156 cm³/mol. The van der Waals surface area contributed by atoms with Gasteiger partial charge in [0.2, 0.25) is 0 Å². The Labute approximate surface area is 231 Å². The van der Waals surface area contributed by atoms with Gasteiger partial charge < -0.3 is 14.4 Å². The topological polar surface area (TPSA) is 53.7 Å². The lowest BCUT2D eigenvalue weighted by molar-refractivity contribution is 0.0729. The molecule has 192 valence electrons. The van der Waals surface area contributed by atoms with Crippen molar-refractivity contribution in [3.63, 3.8) is 0 Å². The molecule has 0 radical (unpaired) electrons. The van der Waals surface area contributed by atoms with E-state index < -0.39 is 0 Å². The minimum absolute atomic E-state index is 0.0172. The van der Waals surface area contributed by atoms with Crippen molar-refractivity contribution in [1.29, 1.82) is 0 Å². The van der Waals surface area contributed by atoms with E-state index in [4.69, 9.17) is 4.42 Å². The summed E-state index contributed by atoms with van der Waals surface area (Å²) in [5, 5.41) is 10.7. The van der Waals surface area contributed by atoms with Crippen molar-refractivity contribution in [3.8, 4) is 16.9 Å². The monoisotopic (exact) mass is 567 g/mol. The van der Waals surface area contributed by atoms with Gasteiger partial charge in [-0.05, 0) is 62.8 Å². The fourth-order valence-electron chi connectivity index (χ4n) is 4.71. The number of aryl methyl sites for hydroxylation is 1. The number of rotatable bonds is 9. The van der Waals surface area contributed by atoms with Gasteiger partial charge >= 0.3 is 0 Å². The second-order valence-corrected chi connectivity index (χ2v) is 10.4. The van der Waals surface area contributed by atoms with Crippen molar-refractivity contribution < 1.29 is 14.3 Å². The van der Waals surface area contributed by atoms with Gasteiger partial charge in [0, 0.05) is 24.9 Å². The maximum Gasteiger partial charge on any atom is 0.258 e. The first-order chi connectivity index (χ1) is 18.5. The lowest BCUT2D eigenvalue weighted by Gasteiger charge is -2.23. The summed E-state index contributed by atoms with van der Waals surface area (Å²) < 4.78 is 6.84. The Morgan fingerprint density at radius 1 is 0.842 bits per heavy atom. The Balaban J connectivity index is 1.48. The highest BCUT2D eigenvalue weighted by molar-refractivity contribution is 9.10. The first kappa shape index (κ1) is 25.8. The van der Waals surface area contributed by atoms with Crippen LogP contribution in [0.3, 0.4) is 0 Å².